The number of nitrogens with zero attached hydrogens (tertiary/aromatic N) is 1. The number of piperidine rings is 1. The highest BCUT2D eigenvalue weighted by atomic mass is 19.1. The summed E-state index contributed by atoms with van der Waals surface area (Å²) in [5.74, 6) is 0.331. The molecule has 2 atom stereocenters. The molecule has 2 fully saturated rings. The number of esters is 1. The Hall–Kier alpha value is -1.68. The zero-order chi connectivity index (χ0) is 17.8. The highest BCUT2D eigenvalue weighted by molar-refractivity contribution is 5.73. The molecular formula is C21H28FNO2. The van der Waals surface area contributed by atoms with E-state index >= 15 is 0 Å². The van der Waals surface area contributed by atoms with Crippen molar-refractivity contribution in [3.63, 3.8) is 0 Å². The van der Waals surface area contributed by atoms with Crippen molar-refractivity contribution in [1.29, 1.82) is 0 Å². The maximum absolute atomic E-state index is 13.1. The summed E-state index contributed by atoms with van der Waals surface area (Å²) in [6.45, 7) is 8.09. The molecule has 0 N–H and O–H groups in total. The predicted molar refractivity (Wildman–Crippen MR) is 96.9 cm³/mol. The van der Waals surface area contributed by atoms with Gasteiger partial charge >= 0.3 is 5.97 Å². The Kier molecular flexibility index (Phi) is 5.89. The quantitative estimate of drug-likeness (QED) is 0.589. The fourth-order valence-electron chi connectivity index (χ4n) is 4.15. The monoisotopic (exact) mass is 345 g/mol. The SMILES string of the molecule is C=C(C)COC(=O)[C@H]1CC[C@@H](N2CCC(c3ccc(F)cc3)CC2)C1. The van der Waals surface area contributed by atoms with Crippen LogP contribution in [-0.2, 0) is 9.53 Å². The molecule has 0 unspecified atom stereocenters. The lowest BCUT2D eigenvalue weighted by Crippen LogP contribution is -2.40. The molecule has 1 aromatic carbocycles. The Labute approximate surface area is 149 Å². The Morgan fingerprint density at radius 1 is 1.20 bits per heavy atom. The Morgan fingerprint density at radius 3 is 2.52 bits per heavy atom. The molecule has 3 nitrogen and oxygen atoms in total. The molecule has 0 radical (unpaired) electrons. The molecule has 1 aliphatic carbocycles. The lowest BCUT2D eigenvalue weighted by atomic mass is 9.88. The number of ether oxygens (including phenoxy) is 1. The van der Waals surface area contributed by atoms with Gasteiger partial charge < -0.3 is 9.64 Å². The molecule has 0 aromatic heterocycles. The van der Waals surface area contributed by atoms with Crippen LogP contribution in [0.4, 0.5) is 4.39 Å². The van der Waals surface area contributed by atoms with Crippen LogP contribution < -0.4 is 0 Å². The molecule has 4 heteroatoms. The summed E-state index contributed by atoms with van der Waals surface area (Å²) < 4.78 is 18.4. The standard InChI is InChI=1S/C21H28FNO2/c1-15(2)14-25-21(24)18-5-8-20(13-18)23-11-9-17(10-12-23)16-3-6-19(22)7-4-16/h3-4,6-7,17-18,20H,1,5,8-14H2,2H3/t18-,20+/m0/s1. The molecule has 136 valence electrons. The summed E-state index contributed by atoms with van der Waals surface area (Å²) >= 11 is 0. The van der Waals surface area contributed by atoms with E-state index in [0.29, 0.717) is 18.6 Å². The maximum Gasteiger partial charge on any atom is 0.309 e. The van der Waals surface area contributed by atoms with E-state index < -0.39 is 0 Å². The number of hydrogen-bond donors (Lipinski definition) is 0. The molecule has 1 saturated heterocycles. The van der Waals surface area contributed by atoms with Gasteiger partial charge in [-0.1, -0.05) is 18.7 Å². The fourth-order valence-corrected chi connectivity index (χ4v) is 4.15. The topological polar surface area (TPSA) is 29.5 Å². The largest absolute Gasteiger partial charge is 0.461 e. The normalized spacial score (nSPS) is 25.0. The lowest BCUT2D eigenvalue weighted by molar-refractivity contribution is -0.147. The summed E-state index contributed by atoms with van der Waals surface area (Å²) in [5.41, 5.74) is 2.12. The van der Waals surface area contributed by atoms with Crippen LogP contribution >= 0.6 is 0 Å². The molecular weight excluding hydrogens is 317 g/mol. The maximum atomic E-state index is 13.1. The summed E-state index contributed by atoms with van der Waals surface area (Å²) in [6.07, 6.45) is 5.13. The number of carbonyl (C=O) groups excluding carboxylic acids is 1. The number of halogens is 1. The molecule has 1 heterocycles. The highest BCUT2D eigenvalue weighted by Crippen LogP contribution is 2.35. The van der Waals surface area contributed by atoms with Crippen LogP contribution in [0.5, 0.6) is 0 Å². The molecule has 3 rings (SSSR count). The van der Waals surface area contributed by atoms with Crippen molar-refractivity contribution in [2.24, 2.45) is 5.92 Å². The number of carbonyl (C=O) groups is 1. The van der Waals surface area contributed by atoms with Crippen LogP contribution in [-0.4, -0.2) is 36.6 Å². The van der Waals surface area contributed by atoms with E-state index in [2.05, 4.69) is 11.5 Å². The number of hydrogen-bond acceptors (Lipinski definition) is 3. The van der Waals surface area contributed by atoms with E-state index in [1.54, 1.807) is 12.1 Å². The van der Waals surface area contributed by atoms with E-state index in [-0.39, 0.29) is 17.7 Å². The lowest BCUT2D eigenvalue weighted by Gasteiger charge is -2.36. The van der Waals surface area contributed by atoms with Gasteiger partial charge in [-0.25, -0.2) is 4.39 Å². The first-order chi connectivity index (χ1) is 12.0. The van der Waals surface area contributed by atoms with Gasteiger partial charge in [0.25, 0.3) is 0 Å². The second-order valence-electron chi connectivity index (χ2n) is 7.59. The fraction of sp³-hybridized carbons (Fsp3) is 0.571. The van der Waals surface area contributed by atoms with E-state index in [0.717, 1.165) is 50.8 Å². The minimum Gasteiger partial charge on any atom is -0.461 e. The van der Waals surface area contributed by atoms with E-state index in [4.69, 9.17) is 4.74 Å². The molecule has 0 amide bonds. The van der Waals surface area contributed by atoms with Crippen molar-refractivity contribution < 1.29 is 13.9 Å². The van der Waals surface area contributed by atoms with Crippen LogP contribution in [0, 0.1) is 11.7 Å². The van der Waals surface area contributed by atoms with Crippen molar-refractivity contribution in [3.8, 4) is 0 Å². The minimum absolute atomic E-state index is 0.0409. The van der Waals surface area contributed by atoms with Crippen LogP contribution in [0.15, 0.2) is 36.4 Å². The summed E-state index contributed by atoms with van der Waals surface area (Å²) in [4.78, 5) is 14.7. The third-order valence-corrected chi connectivity index (χ3v) is 5.59. The van der Waals surface area contributed by atoms with Crippen LogP contribution in [0.25, 0.3) is 0 Å². The summed E-state index contributed by atoms with van der Waals surface area (Å²) in [6, 6.07) is 7.44. The van der Waals surface area contributed by atoms with Gasteiger partial charge in [-0.2, -0.15) is 0 Å². The Balaban J connectivity index is 1.46. The zero-order valence-electron chi connectivity index (χ0n) is 15.0. The van der Waals surface area contributed by atoms with E-state index in [9.17, 15) is 9.18 Å². The Morgan fingerprint density at radius 2 is 1.88 bits per heavy atom. The minimum atomic E-state index is -0.170. The smallest absolute Gasteiger partial charge is 0.309 e. The van der Waals surface area contributed by atoms with Gasteiger partial charge in [-0.05, 0) is 81.3 Å². The average Bonchev–Trinajstić information content (AvgIpc) is 3.11. The van der Waals surface area contributed by atoms with Gasteiger partial charge in [-0.3, -0.25) is 4.79 Å². The molecule has 0 spiro atoms. The van der Waals surface area contributed by atoms with Crippen molar-refractivity contribution in [2.45, 2.75) is 51.0 Å². The van der Waals surface area contributed by atoms with Gasteiger partial charge in [-0.15, -0.1) is 0 Å². The third kappa shape index (κ3) is 4.69. The van der Waals surface area contributed by atoms with Crippen molar-refractivity contribution in [2.75, 3.05) is 19.7 Å². The van der Waals surface area contributed by atoms with Crippen LogP contribution in [0.3, 0.4) is 0 Å². The average molecular weight is 345 g/mol. The first-order valence-corrected chi connectivity index (χ1v) is 9.33. The van der Waals surface area contributed by atoms with Crippen LogP contribution in [0.1, 0.15) is 50.5 Å². The predicted octanol–water partition coefficient (Wildman–Crippen LogP) is 4.29. The van der Waals surface area contributed by atoms with Crippen molar-refractivity contribution in [3.05, 3.63) is 47.8 Å². The number of benzene rings is 1. The molecule has 25 heavy (non-hydrogen) atoms. The zero-order valence-corrected chi connectivity index (χ0v) is 15.0. The summed E-state index contributed by atoms with van der Waals surface area (Å²) in [5, 5.41) is 0. The molecule has 1 aliphatic heterocycles. The second-order valence-corrected chi connectivity index (χ2v) is 7.59. The van der Waals surface area contributed by atoms with Gasteiger partial charge in [0.1, 0.15) is 12.4 Å². The van der Waals surface area contributed by atoms with Crippen molar-refractivity contribution in [1.82, 2.24) is 4.90 Å². The van der Waals surface area contributed by atoms with E-state index in [1.165, 1.54) is 5.56 Å². The Bertz CT molecular complexity index is 605. The first-order valence-electron chi connectivity index (χ1n) is 9.33. The van der Waals surface area contributed by atoms with Gasteiger partial charge in [0, 0.05) is 6.04 Å². The van der Waals surface area contributed by atoms with Gasteiger partial charge in [0.15, 0.2) is 0 Å². The summed E-state index contributed by atoms with van der Waals surface area (Å²) in [7, 11) is 0. The molecule has 1 aromatic rings. The van der Waals surface area contributed by atoms with E-state index in [1.807, 2.05) is 19.1 Å². The molecule has 0 bridgehead atoms. The number of rotatable bonds is 5. The molecule has 2 aliphatic rings. The number of likely N-dealkylation sites (tertiary alicyclic amines) is 1. The van der Waals surface area contributed by atoms with Crippen molar-refractivity contribution >= 4 is 5.97 Å². The van der Waals surface area contributed by atoms with Gasteiger partial charge in [0.2, 0.25) is 0 Å². The van der Waals surface area contributed by atoms with Gasteiger partial charge in [0.05, 0.1) is 5.92 Å². The first kappa shape index (κ1) is 18.1. The van der Waals surface area contributed by atoms with Crippen LogP contribution in [0.2, 0.25) is 0 Å². The molecule has 1 saturated carbocycles. The highest BCUT2D eigenvalue weighted by Gasteiger charge is 2.35. The third-order valence-electron chi connectivity index (χ3n) is 5.59. The second kappa shape index (κ2) is 8.13.